The Kier molecular flexibility index (Phi) is 11.2. The molecule has 0 saturated carbocycles. The highest BCUT2D eigenvalue weighted by Crippen LogP contribution is 2.09. The second kappa shape index (κ2) is 11.5. The van der Waals surface area contributed by atoms with Crippen LogP contribution < -0.4 is 21.5 Å². The highest BCUT2D eigenvalue weighted by Gasteiger charge is 1.99. The zero-order valence-electron chi connectivity index (χ0n) is 11.7. The summed E-state index contributed by atoms with van der Waals surface area (Å²) in [4.78, 5) is 0. The van der Waals surface area contributed by atoms with E-state index in [9.17, 15) is 0 Å². The Balaban J connectivity index is 0.00000289. The Labute approximate surface area is 122 Å². The molecule has 1 aromatic rings. The summed E-state index contributed by atoms with van der Waals surface area (Å²) in [6.07, 6.45) is 19.2. The molecule has 0 bridgehead atoms. The first-order chi connectivity index (χ1) is 8.33. The molecule has 0 amide bonds. The highest BCUT2D eigenvalue weighted by atomic mass is 79.9. The molecule has 0 fully saturated rings. The summed E-state index contributed by atoms with van der Waals surface area (Å²) in [5.74, 6) is 0. The topological polar surface area (TPSA) is 8.81 Å². The molecule has 0 aliphatic heterocycles. The molecule has 3 heteroatoms. The second-order valence-electron chi connectivity index (χ2n) is 4.87. The van der Waals surface area contributed by atoms with Crippen LogP contribution in [0.25, 0.3) is 0 Å². The minimum Gasteiger partial charge on any atom is -1.00 e. The maximum absolute atomic E-state index is 3.75. The first kappa shape index (κ1) is 17.4. The summed E-state index contributed by atoms with van der Waals surface area (Å²) in [7, 11) is 2.07. The molecule has 1 aromatic heterocycles. The van der Waals surface area contributed by atoms with Crippen molar-refractivity contribution in [2.24, 2.45) is 7.05 Å². The molecule has 1 heterocycles. The van der Waals surface area contributed by atoms with Crippen molar-refractivity contribution >= 4 is 0 Å². The molecule has 2 nitrogen and oxygen atoms in total. The first-order valence-electron chi connectivity index (χ1n) is 6.95. The van der Waals surface area contributed by atoms with Gasteiger partial charge in [-0.15, -0.1) is 6.58 Å². The first-order valence-corrected chi connectivity index (χ1v) is 6.95. The minimum absolute atomic E-state index is 0. The summed E-state index contributed by atoms with van der Waals surface area (Å²) in [5.41, 5.74) is 0. The molecule has 104 valence electrons. The van der Waals surface area contributed by atoms with Gasteiger partial charge in [-0.05, 0) is 25.7 Å². The monoisotopic (exact) mass is 314 g/mol. The van der Waals surface area contributed by atoms with Crippen molar-refractivity contribution in [1.29, 1.82) is 0 Å². The molecule has 18 heavy (non-hydrogen) atoms. The van der Waals surface area contributed by atoms with Crippen LogP contribution in [0.3, 0.4) is 0 Å². The Morgan fingerprint density at radius 2 is 1.67 bits per heavy atom. The fourth-order valence-corrected chi connectivity index (χ4v) is 2.10. The van der Waals surface area contributed by atoms with E-state index < -0.39 is 0 Å². The lowest BCUT2D eigenvalue weighted by Gasteiger charge is -2.00. The van der Waals surface area contributed by atoms with Crippen molar-refractivity contribution < 1.29 is 21.5 Å². The SMILES string of the molecule is C=CCCCCCCCCCn1cc[n+](C)c1.[Br-]. The zero-order valence-corrected chi connectivity index (χ0v) is 13.2. The maximum atomic E-state index is 3.75. The molecule has 0 radical (unpaired) electrons. The van der Waals surface area contributed by atoms with Crippen LogP contribution in [0, 0.1) is 0 Å². The quantitative estimate of drug-likeness (QED) is 0.340. The molecule has 0 aliphatic rings. The Morgan fingerprint density at radius 3 is 2.22 bits per heavy atom. The van der Waals surface area contributed by atoms with Gasteiger partial charge in [-0.3, -0.25) is 0 Å². The van der Waals surface area contributed by atoms with Crippen LogP contribution in [-0.2, 0) is 13.6 Å². The van der Waals surface area contributed by atoms with Gasteiger partial charge in [-0.1, -0.05) is 31.8 Å². The van der Waals surface area contributed by atoms with Crippen molar-refractivity contribution in [3.05, 3.63) is 31.4 Å². The third-order valence-electron chi connectivity index (χ3n) is 3.15. The Bertz CT molecular complexity index is 307. The van der Waals surface area contributed by atoms with E-state index in [1.165, 1.54) is 51.4 Å². The van der Waals surface area contributed by atoms with Gasteiger partial charge in [0, 0.05) is 0 Å². The van der Waals surface area contributed by atoms with E-state index >= 15 is 0 Å². The minimum atomic E-state index is 0. The standard InChI is InChI=1S/C15H27N2.BrH/c1-3-4-5-6-7-8-9-10-11-12-17-14-13-16(2)15-17;/h3,13-15H,1,4-12H2,2H3;1H/q+1;/p-1. The molecule has 0 aliphatic carbocycles. The molecule has 0 N–H and O–H groups in total. The van der Waals surface area contributed by atoms with Gasteiger partial charge in [0.05, 0.1) is 13.6 Å². The second-order valence-corrected chi connectivity index (χ2v) is 4.87. The molecule has 1 rings (SSSR count). The number of rotatable bonds is 10. The van der Waals surface area contributed by atoms with Crippen LogP contribution in [0.4, 0.5) is 0 Å². The number of hydrogen-bond donors (Lipinski definition) is 0. The van der Waals surface area contributed by atoms with Crippen LogP contribution in [0.1, 0.15) is 51.4 Å². The van der Waals surface area contributed by atoms with Gasteiger partial charge >= 0.3 is 0 Å². The number of aryl methyl sites for hydroxylation is 2. The number of nitrogens with zero attached hydrogens (tertiary/aromatic N) is 2. The zero-order chi connectivity index (χ0) is 12.3. The van der Waals surface area contributed by atoms with Gasteiger partial charge in [-0.25, -0.2) is 9.13 Å². The number of allylic oxidation sites excluding steroid dienone is 1. The summed E-state index contributed by atoms with van der Waals surface area (Å²) < 4.78 is 4.36. The average Bonchev–Trinajstić information content (AvgIpc) is 2.73. The fraction of sp³-hybridized carbons (Fsp3) is 0.667. The molecule has 0 atom stereocenters. The van der Waals surface area contributed by atoms with Crippen molar-refractivity contribution in [2.75, 3.05) is 0 Å². The predicted octanol–water partition coefficient (Wildman–Crippen LogP) is 0.623. The van der Waals surface area contributed by atoms with Gasteiger partial charge in [0.25, 0.3) is 0 Å². The van der Waals surface area contributed by atoms with Crippen LogP contribution in [0.2, 0.25) is 0 Å². The van der Waals surface area contributed by atoms with E-state index in [2.05, 4.69) is 41.5 Å². The van der Waals surface area contributed by atoms with E-state index in [0.29, 0.717) is 0 Å². The Morgan fingerprint density at radius 1 is 1.06 bits per heavy atom. The van der Waals surface area contributed by atoms with Gasteiger partial charge in [0.15, 0.2) is 0 Å². The van der Waals surface area contributed by atoms with E-state index in [1.54, 1.807) is 0 Å². The molecule has 0 saturated heterocycles. The lowest BCUT2D eigenvalue weighted by molar-refractivity contribution is -0.671. The summed E-state index contributed by atoms with van der Waals surface area (Å²) in [5, 5.41) is 0. The Hall–Kier alpha value is -0.570. The van der Waals surface area contributed by atoms with Crippen LogP contribution >= 0.6 is 0 Å². The normalized spacial score (nSPS) is 10.1. The largest absolute Gasteiger partial charge is 1.00 e. The molecular weight excluding hydrogens is 288 g/mol. The number of imidazole rings is 1. The van der Waals surface area contributed by atoms with Gasteiger partial charge in [0.2, 0.25) is 6.33 Å². The maximum Gasteiger partial charge on any atom is 0.243 e. The average molecular weight is 315 g/mol. The van der Waals surface area contributed by atoms with E-state index in [-0.39, 0.29) is 17.0 Å². The smallest absolute Gasteiger partial charge is 0.243 e. The van der Waals surface area contributed by atoms with Gasteiger partial charge in [0.1, 0.15) is 12.4 Å². The number of aromatic nitrogens is 2. The van der Waals surface area contributed by atoms with Crippen LogP contribution in [0.5, 0.6) is 0 Å². The lowest BCUT2D eigenvalue weighted by atomic mass is 10.1. The molecular formula is C15H27BrN2. The molecule has 0 spiro atoms. The van der Waals surface area contributed by atoms with Crippen molar-refractivity contribution in [3.63, 3.8) is 0 Å². The fourth-order valence-electron chi connectivity index (χ4n) is 2.10. The van der Waals surface area contributed by atoms with E-state index in [4.69, 9.17) is 0 Å². The summed E-state index contributed by atoms with van der Waals surface area (Å²) >= 11 is 0. The molecule has 0 unspecified atom stereocenters. The van der Waals surface area contributed by atoms with Gasteiger partial charge < -0.3 is 17.0 Å². The highest BCUT2D eigenvalue weighted by molar-refractivity contribution is 4.66. The molecule has 0 aromatic carbocycles. The van der Waals surface area contributed by atoms with E-state index in [1.807, 2.05) is 6.08 Å². The number of hydrogen-bond acceptors (Lipinski definition) is 0. The van der Waals surface area contributed by atoms with Crippen LogP contribution in [0.15, 0.2) is 31.4 Å². The van der Waals surface area contributed by atoms with Gasteiger partial charge in [-0.2, -0.15) is 0 Å². The third kappa shape index (κ3) is 8.51. The summed E-state index contributed by atoms with van der Waals surface area (Å²) in [6.45, 7) is 4.91. The number of unbranched alkanes of at least 4 members (excludes halogenated alkanes) is 7. The predicted molar refractivity (Wildman–Crippen MR) is 72.7 cm³/mol. The number of halogens is 1. The van der Waals surface area contributed by atoms with Crippen molar-refractivity contribution in [3.8, 4) is 0 Å². The van der Waals surface area contributed by atoms with Crippen LogP contribution in [-0.4, -0.2) is 4.57 Å². The van der Waals surface area contributed by atoms with Crippen molar-refractivity contribution in [2.45, 2.75) is 57.9 Å². The van der Waals surface area contributed by atoms with E-state index in [0.717, 1.165) is 6.54 Å². The lowest BCUT2D eigenvalue weighted by Crippen LogP contribution is -3.00. The third-order valence-corrected chi connectivity index (χ3v) is 3.15. The van der Waals surface area contributed by atoms with Crippen molar-refractivity contribution in [1.82, 2.24) is 4.57 Å². The summed E-state index contributed by atoms with van der Waals surface area (Å²) in [6, 6.07) is 0.